The number of carbonyl (C=O) groups is 1. The Morgan fingerprint density at radius 1 is 1.50 bits per heavy atom. The molecule has 4 nitrogen and oxygen atoms in total. The second-order valence-corrected chi connectivity index (χ2v) is 5.52. The fourth-order valence-electron chi connectivity index (χ4n) is 2.75. The lowest BCUT2D eigenvalue weighted by atomic mass is 10.1. The number of benzene rings is 1. The zero-order chi connectivity index (χ0) is 15.7. The third-order valence-electron chi connectivity index (χ3n) is 3.77. The third kappa shape index (κ3) is 2.64. The van der Waals surface area contributed by atoms with Gasteiger partial charge in [0.2, 0.25) is 5.88 Å². The average molecular weight is 321 g/mol. The number of carbonyl (C=O) groups excluding carboxylic acids is 1. The van der Waals surface area contributed by atoms with Crippen molar-refractivity contribution < 1.29 is 13.9 Å². The Balaban J connectivity index is 1.86. The van der Waals surface area contributed by atoms with E-state index in [9.17, 15) is 9.18 Å². The Labute approximate surface area is 132 Å². The van der Waals surface area contributed by atoms with Gasteiger partial charge in [0.25, 0.3) is 5.91 Å². The van der Waals surface area contributed by atoms with Crippen molar-refractivity contribution in [3.8, 4) is 5.88 Å². The first kappa shape index (κ1) is 14.8. The van der Waals surface area contributed by atoms with Crippen LogP contribution in [0.2, 0.25) is 5.02 Å². The monoisotopic (exact) mass is 320 g/mol. The number of halogens is 2. The van der Waals surface area contributed by atoms with E-state index in [0.29, 0.717) is 29.0 Å². The van der Waals surface area contributed by atoms with Crippen molar-refractivity contribution in [2.45, 2.75) is 18.9 Å². The van der Waals surface area contributed by atoms with Gasteiger partial charge in [0, 0.05) is 11.2 Å². The highest BCUT2D eigenvalue weighted by Crippen LogP contribution is 2.35. The van der Waals surface area contributed by atoms with E-state index in [4.69, 9.17) is 16.3 Å². The minimum atomic E-state index is -0.321. The molecule has 0 spiro atoms. The largest absolute Gasteiger partial charge is 0.480 e. The van der Waals surface area contributed by atoms with Crippen LogP contribution in [0.4, 0.5) is 4.39 Å². The topological polar surface area (TPSA) is 51.2 Å². The molecule has 114 valence electrons. The van der Waals surface area contributed by atoms with Crippen molar-refractivity contribution in [2.24, 2.45) is 0 Å². The van der Waals surface area contributed by atoms with Crippen molar-refractivity contribution in [3.63, 3.8) is 0 Å². The highest BCUT2D eigenvalue weighted by Gasteiger charge is 2.28. The quantitative estimate of drug-likeness (QED) is 0.944. The minimum Gasteiger partial charge on any atom is -0.480 e. The Hall–Kier alpha value is -2.14. The first-order valence-electron chi connectivity index (χ1n) is 6.88. The summed E-state index contributed by atoms with van der Waals surface area (Å²) in [5.74, 6) is -0.364. The maximum absolute atomic E-state index is 13.9. The lowest BCUT2D eigenvalue weighted by Crippen LogP contribution is -2.27. The van der Waals surface area contributed by atoms with Gasteiger partial charge in [-0.1, -0.05) is 11.6 Å². The summed E-state index contributed by atoms with van der Waals surface area (Å²) in [5.41, 5.74) is 1.70. The summed E-state index contributed by atoms with van der Waals surface area (Å²) in [6.07, 6.45) is 2.77. The van der Waals surface area contributed by atoms with Gasteiger partial charge in [-0.05, 0) is 48.2 Å². The van der Waals surface area contributed by atoms with E-state index in [-0.39, 0.29) is 23.6 Å². The van der Waals surface area contributed by atoms with E-state index in [0.717, 1.165) is 5.56 Å². The van der Waals surface area contributed by atoms with E-state index in [2.05, 4.69) is 10.3 Å². The first-order valence-corrected chi connectivity index (χ1v) is 7.25. The summed E-state index contributed by atoms with van der Waals surface area (Å²) in [7, 11) is 1.46. The summed E-state index contributed by atoms with van der Waals surface area (Å²) in [4.78, 5) is 16.4. The number of amides is 1. The number of methoxy groups -OCH3 is 1. The summed E-state index contributed by atoms with van der Waals surface area (Å²) in [6.45, 7) is 0. The predicted octanol–water partition coefficient (Wildman–Crippen LogP) is 3.30. The molecule has 1 aliphatic rings. The van der Waals surface area contributed by atoms with Crippen LogP contribution < -0.4 is 10.1 Å². The fraction of sp³-hybridized carbons (Fsp3) is 0.250. The highest BCUT2D eigenvalue weighted by molar-refractivity contribution is 6.30. The summed E-state index contributed by atoms with van der Waals surface area (Å²) in [5, 5.41) is 3.23. The summed E-state index contributed by atoms with van der Waals surface area (Å²) in [6, 6.07) is 6.04. The van der Waals surface area contributed by atoms with Crippen LogP contribution in [0, 0.1) is 5.82 Å². The molecule has 1 atom stereocenters. The molecule has 1 aromatic heterocycles. The maximum Gasteiger partial charge on any atom is 0.257 e. The molecule has 1 aliphatic carbocycles. The van der Waals surface area contributed by atoms with Crippen LogP contribution >= 0.6 is 11.6 Å². The number of hydrogen-bond donors (Lipinski definition) is 1. The molecule has 1 N–H and O–H groups in total. The zero-order valence-corrected chi connectivity index (χ0v) is 12.7. The normalized spacial score (nSPS) is 16.2. The molecular formula is C16H14ClFN2O2. The van der Waals surface area contributed by atoms with Crippen molar-refractivity contribution in [1.29, 1.82) is 0 Å². The highest BCUT2D eigenvalue weighted by atomic mass is 35.5. The molecule has 0 bridgehead atoms. The number of hydrogen-bond acceptors (Lipinski definition) is 3. The molecular weight excluding hydrogens is 307 g/mol. The number of nitrogens with zero attached hydrogens (tertiary/aromatic N) is 1. The molecule has 0 radical (unpaired) electrons. The van der Waals surface area contributed by atoms with Crippen LogP contribution in [-0.2, 0) is 6.42 Å². The summed E-state index contributed by atoms with van der Waals surface area (Å²) < 4.78 is 19.0. The Kier molecular flexibility index (Phi) is 3.98. The molecule has 0 saturated carbocycles. The van der Waals surface area contributed by atoms with Crippen LogP contribution in [-0.4, -0.2) is 18.0 Å². The van der Waals surface area contributed by atoms with Crippen molar-refractivity contribution in [3.05, 3.63) is 58.0 Å². The average Bonchev–Trinajstić information content (AvgIpc) is 2.90. The van der Waals surface area contributed by atoms with E-state index < -0.39 is 0 Å². The summed E-state index contributed by atoms with van der Waals surface area (Å²) >= 11 is 5.91. The standard InChI is InChI=1S/C16H14ClFN2O2/c1-22-16-11(3-2-6-19-16)15(21)20-14-5-4-10-12(14)7-9(17)8-13(10)18/h2-3,6-8,14H,4-5H2,1H3,(H,20,21)/t14-/m1/s1. The first-order chi connectivity index (χ1) is 10.6. The van der Waals surface area contributed by atoms with E-state index in [1.54, 1.807) is 24.4 Å². The van der Waals surface area contributed by atoms with Crippen LogP contribution in [0.3, 0.4) is 0 Å². The van der Waals surface area contributed by atoms with E-state index >= 15 is 0 Å². The molecule has 2 aromatic rings. The number of aromatic nitrogens is 1. The van der Waals surface area contributed by atoms with Gasteiger partial charge in [-0.25, -0.2) is 9.37 Å². The SMILES string of the molecule is COc1ncccc1C(=O)N[C@@H]1CCc2c(F)cc(Cl)cc21. The molecule has 22 heavy (non-hydrogen) atoms. The van der Waals surface area contributed by atoms with Gasteiger partial charge < -0.3 is 10.1 Å². The molecule has 1 heterocycles. The fourth-order valence-corrected chi connectivity index (χ4v) is 2.97. The van der Waals surface area contributed by atoms with Gasteiger partial charge in [-0.2, -0.15) is 0 Å². The lowest BCUT2D eigenvalue weighted by molar-refractivity contribution is 0.0933. The van der Waals surface area contributed by atoms with Gasteiger partial charge in [0.15, 0.2) is 0 Å². The van der Waals surface area contributed by atoms with Crippen molar-refractivity contribution >= 4 is 17.5 Å². The number of fused-ring (bicyclic) bond motifs is 1. The maximum atomic E-state index is 13.9. The van der Waals surface area contributed by atoms with Gasteiger partial charge in [-0.3, -0.25) is 4.79 Å². The lowest BCUT2D eigenvalue weighted by Gasteiger charge is -2.15. The number of ether oxygens (including phenoxy) is 1. The van der Waals surface area contributed by atoms with Crippen molar-refractivity contribution in [2.75, 3.05) is 7.11 Å². The minimum absolute atomic E-state index is 0.260. The molecule has 1 aromatic carbocycles. The number of nitrogens with one attached hydrogen (secondary N) is 1. The molecule has 0 unspecified atom stereocenters. The van der Waals surface area contributed by atoms with Crippen LogP contribution in [0.15, 0.2) is 30.5 Å². The smallest absolute Gasteiger partial charge is 0.257 e. The van der Waals surface area contributed by atoms with Crippen LogP contribution in [0.1, 0.15) is 33.9 Å². The van der Waals surface area contributed by atoms with Crippen LogP contribution in [0.5, 0.6) is 5.88 Å². The molecule has 6 heteroatoms. The Morgan fingerprint density at radius 2 is 2.32 bits per heavy atom. The Bertz CT molecular complexity index is 736. The molecule has 0 saturated heterocycles. The predicted molar refractivity (Wildman–Crippen MR) is 80.7 cm³/mol. The van der Waals surface area contributed by atoms with Gasteiger partial charge >= 0.3 is 0 Å². The number of pyridine rings is 1. The van der Waals surface area contributed by atoms with Gasteiger partial charge in [-0.15, -0.1) is 0 Å². The second-order valence-electron chi connectivity index (χ2n) is 5.08. The van der Waals surface area contributed by atoms with E-state index in [1.807, 2.05) is 0 Å². The van der Waals surface area contributed by atoms with E-state index in [1.165, 1.54) is 13.2 Å². The molecule has 0 aliphatic heterocycles. The third-order valence-corrected chi connectivity index (χ3v) is 3.99. The van der Waals surface area contributed by atoms with Crippen molar-refractivity contribution in [1.82, 2.24) is 10.3 Å². The van der Waals surface area contributed by atoms with Gasteiger partial charge in [0.05, 0.1) is 13.2 Å². The van der Waals surface area contributed by atoms with Crippen LogP contribution in [0.25, 0.3) is 0 Å². The second kappa shape index (κ2) is 5.93. The molecule has 0 fully saturated rings. The molecule has 1 amide bonds. The number of rotatable bonds is 3. The Morgan fingerprint density at radius 3 is 3.09 bits per heavy atom. The molecule has 3 rings (SSSR count). The zero-order valence-electron chi connectivity index (χ0n) is 11.9. The van der Waals surface area contributed by atoms with Gasteiger partial charge in [0.1, 0.15) is 11.4 Å².